The van der Waals surface area contributed by atoms with Gasteiger partial charge in [0.2, 0.25) is 10.0 Å². The molecule has 0 saturated heterocycles. The molecule has 28 heavy (non-hydrogen) atoms. The number of sulfonamides is 1. The van der Waals surface area contributed by atoms with E-state index >= 15 is 0 Å². The molecule has 4 aromatic rings. The maximum absolute atomic E-state index is 12.6. The fourth-order valence-corrected chi connectivity index (χ4v) is 4.68. The molecule has 0 spiro atoms. The van der Waals surface area contributed by atoms with Gasteiger partial charge < -0.3 is 4.98 Å². The third-order valence-corrected chi connectivity index (χ3v) is 6.23. The van der Waals surface area contributed by atoms with E-state index in [9.17, 15) is 8.42 Å². The highest BCUT2D eigenvalue weighted by Gasteiger charge is 2.21. The third kappa shape index (κ3) is 4.16. The first kappa shape index (κ1) is 18.5. The summed E-state index contributed by atoms with van der Waals surface area (Å²) >= 11 is 0. The van der Waals surface area contributed by atoms with Crippen molar-refractivity contribution in [2.24, 2.45) is 0 Å². The average Bonchev–Trinajstić information content (AvgIpc) is 3.13. The first-order valence-corrected chi connectivity index (χ1v) is 10.9. The molecule has 0 aliphatic rings. The molecular formula is C23H22N2O2S. The van der Waals surface area contributed by atoms with Crippen LogP contribution in [0, 0.1) is 0 Å². The zero-order valence-electron chi connectivity index (χ0n) is 15.4. The molecule has 0 unspecified atom stereocenters. The standard InChI is InChI=1S/C23H22N2O2S/c26-28(27,17-18-9-3-1-4-10-18)25-16-21(19-11-5-2-6-12-19)22-15-24-23-14-8-7-13-20(22)23/h1-15,21,24-25H,16-17H2/t21-/m0/s1. The Hall–Kier alpha value is -2.89. The lowest BCUT2D eigenvalue weighted by Gasteiger charge is -2.18. The van der Waals surface area contributed by atoms with Crippen molar-refractivity contribution in [2.75, 3.05) is 6.54 Å². The number of nitrogens with one attached hydrogen (secondary N) is 2. The van der Waals surface area contributed by atoms with Crippen LogP contribution in [0.1, 0.15) is 22.6 Å². The predicted molar refractivity (Wildman–Crippen MR) is 114 cm³/mol. The van der Waals surface area contributed by atoms with E-state index in [1.54, 1.807) is 0 Å². The van der Waals surface area contributed by atoms with Gasteiger partial charge in [-0.1, -0.05) is 78.9 Å². The maximum atomic E-state index is 12.6. The number of hydrogen-bond donors (Lipinski definition) is 2. The second-order valence-corrected chi connectivity index (χ2v) is 8.65. The lowest BCUT2D eigenvalue weighted by molar-refractivity contribution is 0.577. The smallest absolute Gasteiger partial charge is 0.215 e. The molecule has 0 saturated carbocycles. The van der Waals surface area contributed by atoms with Gasteiger partial charge >= 0.3 is 0 Å². The lowest BCUT2D eigenvalue weighted by Crippen LogP contribution is -2.30. The number of benzene rings is 3. The number of aromatic nitrogens is 1. The summed E-state index contributed by atoms with van der Waals surface area (Å²) in [5, 5.41) is 1.11. The molecule has 1 atom stereocenters. The molecule has 4 nitrogen and oxygen atoms in total. The molecule has 3 aromatic carbocycles. The molecule has 0 bridgehead atoms. The van der Waals surface area contributed by atoms with Crippen molar-refractivity contribution in [1.29, 1.82) is 0 Å². The van der Waals surface area contributed by atoms with Gasteiger partial charge in [0.25, 0.3) is 0 Å². The second kappa shape index (κ2) is 8.00. The molecule has 1 aromatic heterocycles. The van der Waals surface area contributed by atoms with Crippen LogP contribution < -0.4 is 4.72 Å². The zero-order valence-corrected chi connectivity index (χ0v) is 16.2. The van der Waals surface area contributed by atoms with Crippen LogP contribution in [-0.2, 0) is 15.8 Å². The van der Waals surface area contributed by atoms with Gasteiger partial charge in [-0.3, -0.25) is 0 Å². The van der Waals surface area contributed by atoms with Crippen LogP contribution in [0.2, 0.25) is 0 Å². The molecule has 0 amide bonds. The van der Waals surface area contributed by atoms with E-state index in [1.165, 1.54) is 0 Å². The predicted octanol–water partition coefficient (Wildman–Crippen LogP) is 4.42. The van der Waals surface area contributed by atoms with Crippen LogP contribution in [0.4, 0.5) is 0 Å². The lowest BCUT2D eigenvalue weighted by atomic mass is 9.91. The quantitative estimate of drug-likeness (QED) is 0.491. The van der Waals surface area contributed by atoms with Gasteiger partial charge in [0.1, 0.15) is 0 Å². The van der Waals surface area contributed by atoms with Crippen molar-refractivity contribution in [1.82, 2.24) is 9.71 Å². The highest BCUT2D eigenvalue weighted by molar-refractivity contribution is 7.88. The van der Waals surface area contributed by atoms with Crippen molar-refractivity contribution in [2.45, 2.75) is 11.7 Å². The maximum Gasteiger partial charge on any atom is 0.215 e. The van der Waals surface area contributed by atoms with E-state index in [-0.39, 0.29) is 11.7 Å². The number of rotatable bonds is 7. The van der Waals surface area contributed by atoms with Gasteiger partial charge in [-0.05, 0) is 22.8 Å². The number of aromatic amines is 1. The summed E-state index contributed by atoms with van der Waals surface area (Å²) in [7, 11) is -3.44. The number of hydrogen-bond acceptors (Lipinski definition) is 2. The topological polar surface area (TPSA) is 62.0 Å². The fourth-order valence-electron chi connectivity index (χ4n) is 3.53. The minimum Gasteiger partial charge on any atom is -0.361 e. The number of H-pyrrole nitrogens is 1. The summed E-state index contributed by atoms with van der Waals surface area (Å²) in [6.07, 6.45) is 1.98. The van der Waals surface area contributed by atoms with Crippen molar-refractivity contribution < 1.29 is 8.42 Å². The number of para-hydroxylation sites is 1. The summed E-state index contributed by atoms with van der Waals surface area (Å²) in [4.78, 5) is 3.30. The molecule has 0 aliphatic heterocycles. The second-order valence-electron chi connectivity index (χ2n) is 6.85. The van der Waals surface area contributed by atoms with Gasteiger partial charge in [0, 0.05) is 29.6 Å². The Morgan fingerprint density at radius 1 is 0.821 bits per heavy atom. The van der Waals surface area contributed by atoms with Crippen LogP contribution in [0.15, 0.2) is 91.1 Å². The summed E-state index contributed by atoms with van der Waals surface area (Å²) in [5.74, 6) is -0.105. The van der Waals surface area contributed by atoms with Gasteiger partial charge in [-0.15, -0.1) is 0 Å². The largest absolute Gasteiger partial charge is 0.361 e. The Bertz CT molecular complexity index is 1150. The monoisotopic (exact) mass is 390 g/mol. The molecule has 4 rings (SSSR count). The Labute approximate surface area is 165 Å². The Morgan fingerprint density at radius 2 is 1.46 bits per heavy atom. The van der Waals surface area contributed by atoms with Crippen LogP contribution in [-0.4, -0.2) is 19.9 Å². The molecule has 5 heteroatoms. The van der Waals surface area contributed by atoms with E-state index in [0.717, 1.165) is 27.6 Å². The van der Waals surface area contributed by atoms with Gasteiger partial charge in [0.15, 0.2) is 0 Å². The van der Waals surface area contributed by atoms with Crippen LogP contribution in [0.3, 0.4) is 0 Å². The minimum atomic E-state index is -3.44. The molecule has 0 radical (unpaired) electrons. The van der Waals surface area contributed by atoms with Crippen molar-refractivity contribution >= 4 is 20.9 Å². The van der Waals surface area contributed by atoms with E-state index in [0.29, 0.717) is 6.54 Å². The Kier molecular flexibility index (Phi) is 5.28. The summed E-state index contributed by atoms with van der Waals surface area (Å²) in [5.41, 5.74) is 3.99. The SMILES string of the molecule is O=S(=O)(Cc1ccccc1)NC[C@@H](c1ccccc1)c1c[nH]c2ccccc12. The summed E-state index contributed by atoms with van der Waals surface area (Å²) in [6.45, 7) is 0.307. The van der Waals surface area contributed by atoms with Crippen LogP contribution in [0.25, 0.3) is 10.9 Å². The first-order chi connectivity index (χ1) is 13.6. The molecule has 0 aliphatic carbocycles. The number of fused-ring (bicyclic) bond motifs is 1. The van der Waals surface area contributed by atoms with Crippen molar-refractivity contribution in [3.05, 3.63) is 108 Å². The fraction of sp³-hybridized carbons (Fsp3) is 0.130. The van der Waals surface area contributed by atoms with E-state index in [1.807, 2.05) is 85.1 Å². The molecule has 0 fully saturated rings. The molecule has 2 N–H and O–H groups in total. The van der Waals surface area contributed by atoms with Gasteiger partial charge in [-0.25, -0.2) is 13.1 Å². The van der Waals surface area contributed by atoms with Crippen molar-refractivity contribution in [3.8, 4) is 0 Å². The third-order valence-electron chi connectivity index (χ3n) is 4.91. The van der Waals surface area contributed by atoms with Gasteiger partial charge in [-0.2, -0.15) is 0 Å². The molecule has 142 valence electrons. The van der Waals surface area contributed by atoms with Crippen LogP contribution >= 0.6 is 0 Å². The van der Waals surface area contributed by atoms with E-state index in [2.05, 4.69) is 15.8 Å². The normalized spacial score (nSPS) is 12.9. The zero-order chi connectivity index (χ0) is 19.4. The summed E-state index contributed by atoms with van der Waals surface area (Å²) < 4.78 is 28.1. The molecule has 1 heterocycles. The van der Waals surface area contributed by atoms with Gasteiger partial charge in [0.05, 0.1) is 5.75 Å². The highest BCUT2D eigenvalue weighted by atomic mass is 32.2. The molecular weight excluding hydrogens is 368 g/mol. The van der Waals surface area contributed by atoms with Crippen molar-refractivity contribution in [3.63, 3.8) is 0 Å². The average molecular weight is 391 g/mol. The summed E-state index contributed by atoms with van der Waals surface area (Å²) in [6, 6.07) is 27.3. The van der Waals surface area contributed by atoms with E-state index in [4.69, 9.17) is 0 Å². The first-order valence-electron chi connectivity index (χ1n) is 9.24. The highest BCUT2D eigenvalue weighted by Crippen LogP contribution is 2.30. The minimum absolute atomic E-state index is 0.0246. The van der Waals surface area contributed by atoms with E-state index < -0.39 is 10.0 Å². The van der Waals surface area contributed by atoms with Crippen LogP contribution in [0.5, 0.6) is 0 Å². The Balaban J connectivity index is 1.62. The Morgan fingerprint density at radius 3 is 2.21 bits per heavy atom.